The second-order valence-electron chi connectivity index (χ2n) is 7.33. The van der Waals surface area contributed by atoms with Crippen LogP contribution in [0.25, 0.3) is 26.9 Å². The summed E-state index contributed by atoms with van der Waals surface area (Å²) < 4.78 is 1.12. The number of carbonyl (C=O) groups is 1. The van der Waals surface area contributed by atoms with E-state index < -0.39 is 0 Å². The van der Waals surface area contributed by atoms with Crippen molar-refractivity contribution in [3.05, 3.63) is 89.0 Å². The van der Waals surface area contributed by atoms with E-state index in [1.54, 1.807) is 23.5 Å². The van der Waals surface area contributed by atoms with Crippen molar-refractivity contribution in [2.75, 3.05) is 5.32 Å². The molecule has 1 heterocycles. The fraction of sp³-hybridized carbons (Fsp3) is 0.120. The highest BCUT2D eigenvalue weighted by atomic mass is 35.5. The Kier molecular flexibility index (Phi) is 5.98. The van der Waals surface area contributed by atoms with Crippen LogP contribution in [0.4, 0.5) is 5.69 Å². The second kappa shape index (κ2) is 8.82. The van der Waals surface area contributed by atoms with Gasteiger partial charge in [0.2, 0.25) is 5.91 Å². The Labute approximate surface area is 185 Å². The quantitative estimate of drug-likeness (QED) is 0.334. The normalized spacial score (nSPS) is 11.5. The number of benzene rings is 3. The molecule has 1 amide bonds. The molecule has 0 aliphatic rings. The van der Waals surface area contributed by atoms with Crippen molar-refractivity contribution in [2.24, 2.45) is 0 Å². The molecular weight excluding hydrogens is 412 g/mol. The third-order valence-corrected chi connectivity index (χ3v) is 6.17. The number of hydrogen-bond acceptors (Lipinski definition) is 3. The molecular formula is C25H21ClN2OS. The van der Waals surface area contributed by atoms with Crippen molar-refractivity contribution in [2.45, 2.75) is 19.8 Å². The minimum absolute atomic E-state index is 0.202. The van der Waals surface area contributed by atoms with E-state index in [1.807, 2.05) is 48.5 Å². The molecule has 0 aliphatic heterocycles. The van der Waals surface area contributed by atoms with E-state index in [2.05, 4.69) is 36.3 Å². The van der Waals surface area contributed by atoms with E-state index in [-0.39, 0.29) is 5.91 Å². The maximum Gasteiger partial charge on any atom is 0.248 e. The first-order valence-corrected chi connectivity index (χ1v) is 10.9. The first kappa shape index (κ1) is 20.3. The SMILES string of the molecule is CC(C)c1ccc(C=CC(=O)Nc2ccc(-c3nc4ccccc4s3)c(Cl)c2)cc1. The summed E-state index contributed by atoms with van der Waals surface area (Å²) in [5, 5.41) is 4.28. The molecule has 0 unspecified atom stereocenters. The standard InChI is InChI=1S/C25H21ClN2OS/c1-16(2)18-10-7-17(8-11-18)9-14-24(29)27-19-12-13-20(21(26)15-19)25-28-22-5-3-4-6-23(22)30-25/h3-16H,1-2H3,(H,27,29). The van der Waals surface area contributed by atoms with E-state index in [0.29, 0.717) is 16.6 Å². The monoisotopic (exact) mass is 432 g/mol. The number of amides is 1. The number of halogens is 1. The average molecular weight is 433 g/mol. The Morgan fingerprint density at radius 1 is 1.07 bits per heavy atom. The minimum Gasteiger partial charge on any atom is -0.322 e. The van der Waals surface area contributed by atoms with Gasteiger partial charge in [0, 0.05) is 17.3 Å². The zero-order valence-electron chi connectivity index (χ0n) is 16.7. The van der Waals surface area contributed by atoms with Gasteiger partial charge in [0.05, 0.1) is 15.2 Å². The molecule has 0 aliphatic carbocycles. The zero-order valence-corrected chi connectivity index (χ0v) is 18.3. The minimum atomic E-state index is -0.202. The summed E-state index contributed by atoms with van der Waals surface area (Å²) in [5.74, 6) is 0.286. The lowest BCUT2D eigenvalue weighted by Gasteiger charge is -2.06. The lowest BCUT2D eigenvalue weighted by molar-refractivity contribution is -0.111. The van der Waals surface area contributed by atoms with Crippen LogP contribution in [0.3, 0.4) is 0 Å². The fourth-order valence-electron chi connectivity index (χ4n) is 3.10. The highest BCUT2D eigenvalue weighted by molar-refractivity contribution is 7.21. The molecule has 1 N–H and O–H groups in total. The van der Waals surface area contributed by atoms with Gasteiger partial charge in [-0.15, -0.1) is 11.3 Å². The summed E-state index contributed by atoms with van der Waals surface area (Å²) in [6.45, 7) is 4.32. The Morgan fingerprint density at radius 3 is 2.53 bits per heavy atom. The fourth-order valence-corrected chi connectivity index (χ4v) is 4.43. The van der Waals surface area contributed by atoms with Gasteiger partial charge in [-0.1, -0.05) is 61.8 Å². The van der Waals surface area contributed by atoms with Crippen molar-refractivity contribution in [3.63, 3.8) is 0 Å². The number of rotatable bonds is 5. The first-order valence-electron chi connectivity index (χ1n) is 9.74. The predicted octanol–water partition coefficient (Wildman–Crippen LogP) is 7.39. The van der Waals surface area contributed by atoms with Crippen molar-refractivity contribution in [1.82, 2.24) is 4.98 Å². The Bertz CT molecular complexity index is 1190. The molecule has 4 rings (SSSR count). The van der Waals surface area contributed by atoms with Crippen LogP contribution in [0.2, 0.25) is 5.02 Å². The summed E-state index contributed by atoms with van der Waals surface area (Å²) >= 11 is 8.08. The topological polar surface area (TPSA) is 42.0 Å². The van der Waals surface area contributed by atoms with Gasteiger partial charge in [-0.2, -0.15) is 0 Å². The predicted molar refractivity (Wildman–Crippen MR) is 128 cm³/mol. The molecule has 150 valence electrons. The van der Waals surface area contributed by atoms with Crippen molar-refractivity contribution in [1.29, 1.82) is 0 Å². The molecule has 0 saturated carbocycles. The maximum absolute atomic E-state index is 12.3. The van der Waals surface area contributed by atoms with Crippen LogP contribution in [-0.4, -0.2) is 10.9 Å². The molecule has 30 heavy (non-hydrogen) atoms. The van der Waals surface area contributed by atoms with E-state index >= 15 is 0 Å². The second-order valence-corrected chi connectivity index (χ2v) is 8.76. The highest BCUT2D eigenvalue weighted by Gasteiger charge is 2.11. The number of anilines is 1. The van der Waals surface area contributed by atoms with Gasteiger partial charge in [0.15, 0.2) is 0 Å². The Balaban J connectivity index is 1.45. The molecule has 0 radical (unpaired) electrons. The lowest BCUT2D eigenvalue weighted by Crippen LogP contribution is -2.07. The van der Waals surface area contributed by atoms with E-state index in [4.69, 9.17) is 11.6 Å². The summed E-state index contributed by atoms with van der Waals surface area (Å²) in [5.41, 5.74) is 4.72. The number of fused-ring (bicyclic) bond motifs is 1. The molecule has 0 fully saturated rings. The van der Waals surface area contributed by atoms with Crippen LogP contribution < -0.4 is 5.32 Å². The number of nitrogens with zero attached hydrogens (tertiary/aromatic N) is 1. The van der Waals surface area contributed by atoms with E-state index in [0.717, 1.165) is 26.4 Å². The van der Waals surface area contributed by atoms with Gasteiger partial charge >= 0.3 is 0 Å². The molecule has 0 spiro atoms. The van der Waals surface area contributed by atoms with Crippen LogP contribution in [0, 0.1) is 0 Å². The molecule has 1 aromatic heterocycles. The number of thiazole rings is 1. The Hall–Kier alpha value is -2.95. The lowest BCUT2D eigenvalue weighted by atomic mass is 10.0. The third kappa shape index (κ3) is 4.61. The largest absolute Gasteiger partial charge is 0.322 e. The summed E-state index contributed by atoms with van der Waals surface area (Å²) in [4.78, 5) is 16.9. The van der Waals surface area contributed by atoms with Gasteiger partial charge in [-0.3, -0.25) is 4.79 Å². The molecule has 0 saturated heterocycles. The van der Waals surface area contributed by atoms with Gasteiger partial charge in [0.1, 0.15) is 5.01 Å². The van der Waals surface area contributed by atoms with E-state index in [1.165, 1.54) is 11.6 Å². The smallest absolute Gasteiger partial charge is 0.248 e. The van der Waals surface area contributed by atoms with Crippen LogP contribution >= 0.6 is 22.9 Å². The van der Waals surface area contributed by atoms with Gasteiger partial charge < -0.3 is 5.32 Å². The average Bonchev–Trinajstić information content (AvgIpc) is 3.16. The number of para-hydroxylation sites is 1. The number of nitrogens with one attached hydrogen (secondary N) is 1. The van der Waals surface area contributed by atoms with E-state index in [9.17, 15) is 4.79 Å². The number of hydrogen-bond donors (Lipinski definition) is 1. The van der Waals surface area contributed by atoms with Crippen LogP contribution in [0.5, 0.6) is 0 Å². The highest BCUT2D eigenvalue weighted by Crippen LogP contribution is 2.35. The summed E-state index contributed by atoms with van der Waals surface area (Å²) in [6.07, 6.45) is 3.33. The summed E-state index contributed by atoms with van der Waals surface area (Å²) in [7, 11) is 0. The third-order valence-electron chi connectivity index (χ3n) is 4.79. The van der Waals surface area contributed by atoms with Gasteiger partial charge in [0.25, 0.3) is 0 Å². The zero-order chi connectivity index (χ0) is 21.1. The molecule has 4 aromatic rings. The molecule has 0 atom stereocenters. The van der Waals surface area contributed by atoms with Crippen molar-refractivity contribution < 1.29 is 4.79 Å². The molecule has 5 heteroatoms. The van der Waals surface area contributed by atoms with Crippen molar-refractivity contribution in [3.8, 4) is 10.6 Å². The molecule has 3 nitrogen and oxygen atoms in total. The molecule has 0 bridgehead atoms. The number of aromatic nitrogens is 1. The van der Waals surface area contributed by atoms with Crippen molar-refractivity contribution >= 4 is 50.8 Å². The maximum atomic E-state index is 12.3. The summed E-state index contributed by atoms with van der Waals surface area (Å²) in [6, 6.07) is 21.7. The van der Waals surface area contributed by atoms with Crippen LogP contribution in [0.1, 0.15) is 30.9 Å². The number of carbonyl (C=O) groups excluding carboxylic acids is 1. The molecule has 3 aromatic carbocycles. The van der Waals surface area contributed by atoms with Crippen LogP contribution in [0.15, 0.2) is 72.8 Å². The van der Waals surface area contributed by atoms with Gasteiger partial charge in [-0.25, -0.2) is 4.98 Å². The first-order chi connectivity index (χ1) is 14.5. The Morgan fingerprint density at radius 2 is 1.83 bits per heavy atom. The van der Waals surface area contributed by atoms with Crippen LogP contribution in [-0.2, 0) is 4.79 Å². The van der Waals surface area contributed by atoms with Gasteiger partial charge in [-0.05, 0) is 53.5 Å².